The molecule has 3 aromatic rings. The molecule has 0 aliphatic rings. The number of primary amides is 1. The van der Waals surface area contributed by atoms with Gasteiger partial charge >= 0.3 is 6.09 Å². The van der Waals surface area contributed by atoms with Crippen molar-refractivity contribution in [2.24, 2.45) is 5.73 Å². The number of carbonyl (C=O) groups is 1. The van der Waals surface area contributed by atoms with Crippen LogP contribution in [0.25, 0.3) is 10.9 Å². The summed E-state index contributed by atoms with van der Waals surface area (Å²) in [5.41, 5.74) is 6.54. The largest absolute Gasteiger partial charge is 0.410 e. The standard InChI is InChI=1S/C18H17Cl2N5O2/c1-22-8-14(10-5-6-12(19)13(20)7-10)25-17-11-3-2-4-15(27-18(21)26)16(11)23-9-24-17/h2-7,9,14,22H,8H2,1H3,(H2,21,26)(H,23,24,25). The number of para-hydroxylation sites is 1. The molecule has 2 aromatic carbocycles. The number of nitrogens with two attached hydrogens (primary N) is 1. The molecule has 7 nitrogen and oxygen atoms in total. The molecule has 1 unspecified atom stereocenters. The molecule has 9 heteroatoms. The maximum Gasteiger partial charge on any atom is 0.410 e. The molecular formula is C18H17Cl2N5O2. The summed E-state index contributed by atoms with van der Waals surface area (Å²) in [7, 11) is 1.85. The van der Waals surface area contributed by atoms with Crippen molar-refractivity contribution in [2.75, 3.05) is 18.9 Å². The Morgan fingerprint density at radius 1 is 1.22 bits per heavy atom. The summed E-state index contributed by atoms with van der Waals surface area (Å²) >= 11 is 12.2. The molecule has 0 saturated heterocycles. The zero-order chi connectivity index (χ0) is 19.4. The summed E-state index contributed by atoms with van der Waals surface area (Å²) < 4.78 is 5.02. The maximum atomic E-state index is 11.1. The van der Waals surface area contributed by atoms with Gasteiger partial charge in [0.15, 0.2) is 5.75 Å². The number of halogens is 2. The Balaban J connectivity index is 2.00. The van der Waals surface area contributed by atoms with Gasteiger partial charge in [-0.05, 0) is 36.9 Å². The highest BCUT2D eigenvalue weighted by atomic mass is 35.5. The second-order valence-electron chi connectivity index (χ2n) is 5.72. The van der Waals surface area contributed by atoms with Gasteiger partial charge in [0.05, 0.1) is 16.1 Å². The fourth-order valence-electron chi connectivity index (χ4n) is 2.72. The van der Waals surface area contributed by atoms with Gasteiger partial charge in [0, 0.05) is 11.9 Å². The highest BCUT2D eigenvalue weighted by Crippen LogP contribution is 2.31. The Kier molecular flexibility index (Phi) is 5.95. The summed E-state index contributed by atoms with van der Waals surface area (Å²) in [6.45, 7) is 0.612. The molecule has 4 N–H and O–H groups in total. The third-order valence-electron chi connectivity index (χ3n) is 3.90. The molecule has 0 aliphatic carbocycles. The fourth-order valence-corrected chi connectivity index (χ4v) is 3.02. The first kappa shape index (κ1) is 19.2. The Hall–Kier alpha value is -2.61. The quantitative estimate of drug-likeness (QED) is 0.576. The van der Waals surface area contributed by atoms with Crippen LogP contribution in [-0.4, -0.2) is 29.7 Å². The van der Waals surface area contributed by atoms with E-state index in [1.807, 2.05) is 25.2 Å². The average molecular weight is 406 g/mol. The summed E-state index contributed by atoms with van der Waals surface area (Å²) in [5, 5.41) is 8.17. The number of likely N-dealkylation sites (N-methyl/N-ethyl adjacent to an activating group) is 1. The lowest BCUT2D eigenvalue weighted by Crippen LogP contribution is -2.24. The number of fused-ring (bicyclic) bond motifs is 1. The van der Waals surface area contributed by atoms with E-state index in [0.717, 1.165) is 5.56 Å². The number of ether oxygens (including phenoxy) is 1. The van der Waals surface area contributed by atoms with Crippen LogP contribution >= 0.6 is 23.2 Å². The molecule has 0 fully saturated rings. The van der Waals surface area contributed by atoms with Crippen molar-refractivity contribution in [3.8, 4) is 5.75 Å². The topological polar surface area (TPSA) is 102 Å². The summed E-state index contributed by atoms with van der Waals surface area (Å²) in [6.07, 6.45) is 0.489. The molecule has 140 valence electrons. The maximum absolute atomic E-state index is 11.1. The number of nitrogens with one attached hydrogen (secondary N) is 2. The summed E-state index contributed by atoms with van der Waals surface area (Å²) in [6, 6.07) is 10.5. The number of rotatable bonds is 6. The molecular weight excluding hydrogens is 389 g/mol. The lowest BCUT2D eigenvalue weighted by atomic mass is 10.1. The first-order chi connectivity index (χ1) is 13.0. The highest BCUT2D eigenvalue weighted by molar-refractivity contribution is 6.42. The van der Waals surface area contributed by atoms with Gasteiger partial charge in [0.2, 0.25) is 0 Å². The van der Waals surface area contributed by atoms with E-state index in [1.54, 1.807) is 18.2 Å². The summed E-state index contributed by atoms with van der Waals surface area (Å²) in [5.74, 6) is 0.853. The predicted molar refractivity (Wildman–Crippen MR) is 107 cm³/mol. The molecule has 1 atom stereocenters. The third-order valence-corrected chi connectivity index (χ3v) is 4.64. The van der Waals surface area contributed by atoms with Crippen LogP contribution in [0.1, 0.15) is 11.6 Å². The summed E-state index contributed by atoms with van der Waals surface area (Å²) in [4.78, 5) is 19.7. The molecule has 0 saturated carbocycles. The van der Waals surface area contributed by atoms with Crippen LogP contribution in [0, 0.1) is 0 Å². The van der Waals surface area contributed by atoms with Gasteiger partial charge in [0.25, 0.3) is 0 Å². The van der Waals surface area contributed by atoms with Gasteiger partial charge in [-0.2, -0.15) is 0 Å². The van der Waals surface area contributed by atoms with E-state index in [1.165, 1.54) is 6.33 Å². The molecule has 0 spiro atoms. The van der Waals surface area contributed by atoms with E-state index in [-0.39, 0.29) is 11.8 Å². The number of nitrogens with zero attached hydrogens (tertiary/aromatic N) is 2. The van der Waals surface area contributed by atoms with Crippen molar-refractivity contribution in [3.05, 3.63) is 58.3 Å². The van der Waals surface area contributed by atoms with Crippen LogP contribution in [0.15, 0.2) is 42.7 Å². The van der Waals surface area contributed by atoms with Crippen LogP contribution in [0.4, 0.5) is 10.6 Å². The average Bonchev–Trinajstić information content (AvgIpc) is 2.64. The van der Waals surface area contributed by atoms with Crippen LogP contribution in [0.2, 0.25) is 10.0 Å². The number of hydrogen-bond acceptors (Lipinski definition) is 6. The van der Waals surface area contributed by atoms with Crippen LogP contribution in [0.3, 0.4) is 0 Å². The zero-order valence-corrected chi connectivity index (χ0v) is 15.9. The van der Waals surface area contributed by atoms with E-state index in [9.17, 15) is 4.79 Å². The van der Waals surface area contributed by atoms with Gasteiger partial charge in [-0.1, -0.05) is 35.3 Å². The lowest BCUT2D eigenvalue weighted by Gasteiger charge is -2.21. The smallest absolute Gasteiger partial charge is 0.408 e. The van der Waals surface area contributed by atoms with Gasteiger partial charge in [0.1, 0.15) is 17.7 Å². The predicted octanol–water partition coefficient (Wildman–Crippen LogP) is 3.77. The van der Waals surface area contributed by atoms with Crippen molar-refractivity contribution in [3.63, 3.8) is 0 Å². The fraction of sp³-hybridized carbons (Fsp3) is 0.167. The Labute approximate surface area is 165 Å². The minimum atomic E-state index is -0.903. The molecule has 0 aliphatic heterocycles. The molecule has 27 heavy (non-hydrogen) atoms. The minimum absolute atomic E-state index is 0.136. The van der Waals surface area contributed by atoms with E-state index in [0.29, 0.717) is 33.3 Å². The Bertz CT molecular complexity index is 983. The molecule has 1 aromatic heterocycles. The second kappa shape index (κ2) is 8.39. The SMILES string of the molecule is CNCC(Nc1ncnc2c(OC(N)=O)cccc12)c1ccc(Cl)c(Cl)c1. The molecule has 1 amide bonds. The Morgan fingerprint density at radius 3 is 2.74 bits per heavy atom. The number of hydrogen-bond donors (Lipinski definition) is 3. The van der Waals surface area contributed by atoms with Crippen molar-refractivity contribution < 1.29 is 9.53 Å². The van der Waals surface area contributed by atoms with E-state index in [4.69, 9.17) is 33.7 Å². The van der Waals surface area contributed by atoms with Crippen molar-refractivity contribution in [1.82, 2.24) is 15.3 Å². The first-order valence-electron chi connectivity index (χ1n) is 8.06. The van der Waals surface area contributed by atoms with E-state index >= 15 is 0 Å². The normalized spacial score (nSPS) is 12.0. The molecule has 3 rings (SSSR count). The van der Waals surface area contributed by atoms with Crippen molar-refractivity contribution >= 4 is 46.0 Å². The molecule has 0 radical (unpaired) electrons. The second-order valence-corrected chi connectivity index (χ2v) is 6.54. The van der Waals surface area contributed by atoms with Crippen LogP contribution in [0.5, 0.6) is 5.75 Å². The Morgan fingerprint density at radius 2 is 2.04 bits per heavy atom. The van der Waals surface area contributed by atoms with Gasteiger partial charge in [-0.25, -0.2) is 14.8 Å². The minimum Gasteiger partial charge on any atom is -0.408 e. The zero-order valence-electron chi connectivity index (χ0n) is 14.4. The van der Waals surface area contributed by atoms with E-state index < -0.39 is 6.09 Å². The number of benzene rings is 2. The van der Waals surface area contributed by atoms with Crippen LogP contribution < -0.4 is 21.1 Å². The number of amides is 1. The number of anilines is 1. The monoisotopic (exact) mass is 405 g/mol. The molecule has 0 bridgehead atoms. The van der Waals surface area contributed by atoms with Gasteiger partial charge in [-0.3, -0.25) is 0 Å². The lowest BCUT2D eigenvalue weighted by molar-refractivity contribution is 0.211. The molecule has 1 heterocycles. The van der Waals surface area contributed by atoms with Gasteiger partial charge < -0.3 is 21.1 Å². The third kappa shape index (κ3) is 4.39. The van der Waals surface area contributed by atoms with Gasteiger partial charge in [-0.15, -0.1) is 0 Å². The van der Waals surface area contributed by atoms with Crippen molar-refractivity contribution in [1.29, 1.82) is 0 Å². The first-order valence-corrected chi connectivity index (χ1v) is 8.82. The van der Waals surface area contributed by atoms with E-state index in [2.05, 4.69) is 20.6 Å². The van der Waals surface area contributed by atoms with Crippen LogP contribution in [-0.2, 0) is 0 Å². The number of carbonyl (C=O) groups excluding carboxylic acids is 1. The highest BCUT2D eigenvalue weighted by Gasteiger charge is 2.16. The van der Waals surface area contributed by atoms with Crippen molar-refractivity contribution in [2.45, 2.75) is 6.04 Å². The number of aromatic nitrogens is 2.